The van der Waals surface area contributed by atoms with Crippen LogP contribution in [0.2, 0.25) is 10.0 Å². The third kappa shape index (κ3) is 4.44. The van der Waals surface area contributed by atoms with Crippen molar-refractivity contribution in [2.45, 2.75) is 19.3 Å². The van der Waals surface area contributed by atoms with Crippen LogP contribution >= 0.6 is 23.2 Å². The quantitative estimate of drug-likeness (QED) is 0.801. The first-order valence-corrected chi connectivity index (χ1v) is 9.06. The van der Waals surface area contributed by atoms with Crippen molar-refractivity contribution in [2.24, 2.45) is 5.41 Å². The van der Waals surface area contributed by atoms with Crippen molar-refractivity contribution in [1.82, 2.24) is 20.0 Å². The maximum atomic E-state index is 12.4. The number of pyridine rings is 1. The van der Waals surface area contributed by atoms with Crippen molar-refractivity contribution in [2.75, 3.05) is 33.4 Å². The Morgan fingerprint density at radius 1 is 1.40 bits per heavy atom. The molecule has 25 heavy (non-hydrogen) atoms. The number of piperidine rings is 1. The number of fused-ring (bicyclic) bond motifs is 1. The van der Waals surface area contributed by atoms with E-state index < -0.39 is 0 Å². The molecule has 136 valence electrons. The van der Waals surface area contributed by atoms with E-state index in [4.69, 9.17) is 27.9 Å². The molecule has 0 aromatic carbocycles. The second kappa shape index (κ2) is 7.91. The number of hydrogen-bond donors (Lipinski definition) is 2. The van der Waals surface area contributed by atoms with Gasteiger partial charge < -0.3 is 19.8 Å². The molecule has 0 radical (unpaired) electrons. The van der Waals surface area contributed by atoms with E-state index in [-0.39, 0.29) is 17.7 Å². The standard InChI is InChI=1S/C17H22Cl2N4O2/c1-25-11-17(2-4-20-5-3-17)10-21-15(24)7-13-9-23-8-12(18)6-14(19)16(23)22-13/h6,8-9,20H,2-5,7,10-11H2,1H3,(H,21,24). The summed E-state index contributed by atoms with van der Waals surface area (Å²) in [7, 11) is 1.71. The molecule has 3 heterocycles. The molecule has 6 nitrogen and oxygen atoms in total. The summed E-state index contributed by atoms with van der Waals surface area (Å²) in [5.74, 6) is -0.0559. The minimum atomic E-state index is -0.0559. The molecule has 8 heteroatoms. The molecule has 2 aromatic heterocycles. The summed E-state index contributed by atoms with van der Waals surface area (Å²) in [5, 5.41) is 7.38. The zero-order chi connectivity index (χ0) is 17.9. The van der Waals surface area contributed by atoms with Crippen LogP contribution in [0.1, 0.15) is 18.5 Å². The van der Waals surface area contributed by atoms with Gasteiger partial charge in [-0.2, -0.15) is 0 Å². The molecule has 0 spiro atoms. The molecule has 0 unspecified atom stereocenters. The van der Waals surface area contributed by atoms with Crippen LogP contribution in [0.5, 0.6) is 0 Å². The summed E-state index contributed by atoms with van der Waals surface area (Å²) in [5.41, 5.74) is 1.27. The minimum Gasteiger partial charge on any atom is -0.384 e. The van der Waals surface area contributed by atoms with Gasteiger partial charge in [-0.1, -0.05) is 23.2 Å². The van der Waals surface area contributed by atoms with E-state index >= 15 is 0 Å². The molecule has 0 atom stereocenters. The van der Waals surface area contributed by atoms with Gasteiger partial charge in [0.1, 0.15) is 0 Å². The number of ether oxygens (including phenoxy) is 1. The van der Waals surface area contributed by atoms with Gasteiger partial charge in [0.15, 0.2) is 5.65 Å². The van der Waals surface area contributed by atoms with Gasteiger partial charge >= 0.3 is 0 Å². The van der Waals surface area contributed by atoms with Crippen molar-refractivity contribution in [3.63, 3.8) is 0 Å². The maximum Gasteiger partial charge on any atom is 0.226 e. The molecule has 0 saturated carbocycles. The van der Waals surface area contributed by atoms with E-state index in [2.05, 4.69) is 15.6 Å². The topological polar surface area (TPSA) is 67.7 Å². The summed E-state index contributed by atoms with van der Waals surface area (Å²) in [6.07, 6.45) is 5.69. The summed E-state index contributed by atoms with van der Waals surface area (Å²) >= 11 is 12.1. The second-order valence-corrected chi connectivity index (χ2v) is 7.45. The van der Waals surface area contributed by atoms with Gasteiger partial charge in [0.2, 0.25) is 5.91 Å². The summed E-state index contributed by atoms with van der Waals surface area (Å²) in [6, 6.07) is 1.64. The number of rotatable bonds is 6. The number of nitrogens with one attached hydrogen (secondary N) is 2. The lowest BCUT2D eigenvalue weighted by molar-refractivity contribution is -0.121. The first-order valence-electron chi connectivity index (χ1n) is 8.30. The number of aromatic nitrogens is 2. The first-order chi connectivity index (χ1) is 12.0. The third-order valence-corrected chi connectivity index (χ3v) is 5.12. The lowest BCUT2D eigenvalue weighted by atomic mass is 9.79. The van der Waals surface area contributed by atoms with Gasteiger partial charge in [0.25, 0.3) is 0 Å². The average molecular weight is 385 g/mol. The maximum absolute atomic E-state index is 12.4. The molecule has 0 aliphatic carbocycles. The predicted molar refractivity (Wildman–Crippen MR) is 98.3 cm³/mol. The van der Waals surface area contributed by atoms with E-state index in [9.17, 15) is 4.79 Å². The largest absolute Gasteiger partial charge is 0.384 e. The van der Waals surface area contributed by atoms with Crippen molar-refractivity contribution in [3.8, 4) is 0 Å². The van der Waals surface area contributed by atoms with Crippen LogP contribution in [0.25, 0.3) is 5.65 Å². The van der Waals surface area contributed by atoms with Crippen molar-refractivity contribution in [3.05, 3.63) is 34.2 Å². The summed E-state index contributed by atoms with van der Waals surface area (Å²) in [6.45, 7) is 3.16. The average Bonchev–Trinajstić information content (AvgIpc) is 2.97. The third-order valence-electron chi connectivity index (χ3n) is 4.64. The Morgan fingerprint density at radius 3 is 2.88 bits per heavy atom. The van der Waals surface area contributed by atoms with E-state index in [1.54, 1.807) is 30.0 Å². The fraction of sp³-hybridized carbons (Fsp3) is 0.529. The van der Waals surface area contributed by atoms with E-state index in [1.807, 2.05) is 0 Å². The van der Waals surface area contributed by atoms with E-state index in [1.165, 1.54) is 0 Å². The Balaban J connectivity index is 1.63. The Bertz CT molecular complexity index is 751. The van der Waals surface area contributed by atoms with Crippen LogP contribution in [0.3, 0.4) is 0 Å². The fourth-order valence-electron chi connectivity index (χ4n) is 3.31. The van der Waals surface area contributed by atoms with Crippen LogP contribution in [0.4, 0.5) is 0 Å². The molecule has 2 aromatic rings. The van der Waals surface area contributed by atoms with Crippen LogP contribution in [-0.2, 0) is 16.0 Å². The molecule has 1 aliphatic rings. The number of carbonyl (C=O) groups excluding carboxylic acids is 1. The summed E-state index contributed by atoms with van der Waals surface area (Å²) in [4.78, 5) is 16.8. The van der Waals surface area contributed by atoms with Crippen molar-refractivity contribution in [1.29, 1.82) is 0 Å². The molecule has 3 rings (SSSR count). The molecule has 1 fully saturated rings. The van der Waals surface area contributed by atoms with E-state index in [0.29, 0.717) is 34.5 Å². The fourth-order valence-corrected chi connectivity index (χ4v) is 3.84. The minimum absolute atomic E-state index is 0.00536. The predicted octanol–water partition coefficient (Wildman–Crippen LogP) is 2.32. The van der Waals surface area contributed by atoms with Gasteiger partial charge in [-0.15, -0.1) is 0 Å². The number of nitrogens with zero attached hydrogens (tertiary/aromatic N) is 2. The lowest BCUT2D eigenvalue weighted by Crippen LogP contribution is -2.47. The number of carbonyl (C=O) groups is 1. The van der Waals surface area contributed by atoms with Gasteiger partial charge in [-0.25, -0.2) is 4.98 Å². The zero-order valence-corrected chi connectivity index (χ0v) is 15.7. The number of imidazole rings is 1. The van der Waals surface area contributed by atoms with Crippen LogP contribution in [-0.4, -0.2) is 48.6 Å². The van der Waals surface area contributed by atoms with E-state index in [0.717, 1.165) is 25.9 Å². The highest BCUT2D eigenvalue weighted by Crippen LogP contribution is 2.28. The second-order valence-electron chi connectivity index (χ2n) is 6.61. The van der Waals surface area contributed by atoms with Crippen LogP contribution < -0.4 is 10.6 Å². The van der Waals surface area contributed by atoms with Gasteiger partial charge in [-0.3, -0.25) is 4.79 Å². The molecular formula is C17H22Cl2N4O2. The number of halogens is 2. The Kier molecular flexibility index (Phi) is 5.84. The van der Waals surface area contributed by atoms with Gasteiger partial charge in [-0.05, 0) is 32.0 Å². The van der Waals surface area contributed by atoms with Crippen molar-refractivity contribution >= 4 is 34.8 Å². The Labute approximate surface area is 156 Å². The highest BCUT2D eigenvalue weighted by atomic mass is 35.5. The monoisotopic (exact) mass is 384 g/mol. The van der Waals surface area contributed by atoms with Crippen molar-refractivity contribution < 1.29 is 9.53 Å². The molecule has 2 N–H and O–H groups in total. The first kappa shape index (κ1) is 18.5. The Hall–Kier alpha value is -1.34. The van der Waals surface area contributed by atoms with Crippen LogP contribution in [0.15, 0.2) is 18.5 Å². The molecule has 1 aliphatic heterocycles. The highest BCUT2D eigenvalue weighted by molar-refractivity contribution is 6.36. The Morgan fingerprint density at radius 2 is 2.16 bits per heavy atom. The molecule has 0 bridgehead atoms. The molecule has 1 saturated heterocycles. The number of amides is 1. The van der Waals surface area contributed by atoms with Gasteiger partial charge in [0.05, 0.1) is 28.8 Å². The number of hydrogen-bond acceptors (Lipinski definition) is 4. The molecular weight excluding hydrogens is 363 g/mol. The SMILES string of the molecule is COCC1(CNC(=O)Cc2cn3cc(Cl)cc(Cl)c3n2)CCNCC1. The number of methoxy groups -OCH3 is 1. The van der Waals surface area contributed by atoms with Crippen LogP contribution in [0, 0.1) is 5.41 Å². The lowest BCUT2D eigenvalue weighted by Gasteiger charge is -2.37. The highest BCUT2D eigenvalue weighted by Gasteiger charge is 2.32. The molecule has 1 amide bonds. The zero-order valence-electron chi connectivity index (χ0n) is 14.1. The van der Waals surface area contributed by atoms with Gasteiger partial charge in [0, 0.05) is 31.5 Å². The summed E-state index contributed by atoms with van der Waals surface area (Å²) < 4.78 is 7.12. The normalized spacial score (nSPS) is 16.9. The smallest absolute Gasteiger partial charge is 0.226 e.